The minimum absolute atomic E-state index is 0.324. The first-order valence-electron chi connectivity index (χ1n) is 7.69. The molecule has 0 saturated heterocycles. The first-order chi connectivity index (χ1) is 12.5. The number of fused-ring (bicyclic) bond motifs is 1. The van der Waals surface area contributed by atoms with Crippen molar-refractivity contribution in [1.29, 1.82) is 0 Å². The highest BCUT2D eigenvalue weighted by Crippen LogP contribution is 2.23. The Bertz CT molecular complexity index is 1030. The Labute approximate surface area is 153 Å². The van der Waals surface area contributed by atoms with E-state index in [0.717, 1.165) is 16.0 Å². The molecule has 134 valence electrons. The number of carbonyl (C=O) groups excluding carboxylic acids is 1. The maximum atomic E-state index is 12.5. The smallest absolute Gasteiger partial charge is 0.337 e. The molecule has 0 radical (unpaired) electrons. The zero-order chi connectivity index (χ0) is 18.7. The van der Waals surface area contributed by atoms with Crippen LogP contribution in [0.15, 0.2) is 52.4 Å². The van der Waals surface area contributed by atoms with E-state index in [0.29, 0.717) is 27.4 Å². The minimum atomic E-state index is -0.490. The zero-order valence-electron chi connectivity index (χ0n) is 14.3. The van der Waals surface area contributed by atoms with E-state index >= 15 is 0 Å². The number of hydrogen-bond donors (Lipinski definition) is 1. The van der Waals surface area contributed by atoms with Gasteiger partial charge in [-0.1, -0.05) is 23.9 Å². The molecular weight excluding hydrogens is 354 g/mol. The lowest BCUT2D eigenvalue weighted by Gasteiger charge is -2.09. The molecule has 3 aromatic rings. The molecule has 0 spiro atoms. The fraction of sp³-hybridized carbons (Fsp3) is 0.167. The van der Waals surface area contributed by atoms with E-state index in [9.17, 15) is 9.59 Å². The number of carbonyl (C=O) groups is 1. The fourth-order valence-electron chi connectivity index (χ4n) is 2.44. The maximum Gasteiger partial charge on any atom is 0.337 e. The van der Waals surface area contributed by atoms with E-state index in [1.807, 2.05) is 24.3 Å². The van der Waals surface area contributed by atoms with Crippen molar-refractivity contribution in [3.63, 3.8) is 0 Å². The van der Waals surface area contributed by atoms with Crippen LogP contribution in [0.5, 0.6) is 5.75 Å². The Morgan fingerprint density at radius 1 is 1.23 bits per heavy atom. The third kappa shape index (κ3) is 3.50. The number of nitrogens with two attached hydrogens (primary N) is 1. The zero-order valence-corrected chi connectivity index (χ0v) is 15.1. The van der Waals surface area contributed by atoms with Crippen LogP contribution in [-0.2, 0) is 10.5 Å². The van der Waals surface area contributed by atoms with E-state index in [2.05, 4.69) is 4.98 Å². The van der Waals surface area contributed by atoms with Crippen molar-refractivity contribution in [1.82, 2.24) is 9.66 Å². The molecule has 2 N–H and O–H groups in total. The van der Waals surface area contributed by atoms with Gasteiger partial charge in [-0.2, -0.15) is 0 Å². The van der Waals surface area contributed by atoms with Crippen molar-refractivity contribution in [2.45, 2.75) is 10.9 Å². The molecule has 0 unspecified atom stereocenters. The number of ether oxygens (including phenoxy) is 2. The quantitative estimate of drug-likeness (QED) is 0.318. The highest BCUT2D eigenvalue weighted by atomic mass is 32.2. The van der Waals surface area contributed by atoms with Gasteiger partial charge in [0.15, 0.2) is 5.16 Å². The van der Waals surface area contributed by atoms with E-state index in [-0.39, 0.29) is 5.56 Å². The van der Waals surface area contributed by atoms with Gasteiger partial charge < -0.3 is 15.3 Å². The molecule has 0 aliphatic heterocycles. The first kappa shape index (κ1) is 17.8. The van der Waals surface area contributed by atoms with Crippen LogP contribution < -0.4 is 16.1 Å². The van der Waals surface area contributed by atoms with Gasteiger partial charge in [-0.3, -0.25) is 4.79 Å². The summed E-state index contributed by atoms with van der Waals surface area (Å²) in [6.45, 7) is 0. The standard InChI is InChI=1S/C18H17N3O4S/c1-24-13-5-3-4-11(8-13)10-26-18-20-15-9-12(17(23)25-2)6-7-14(15)16(22)21(18)19/h3-9H,10,19H2,1-2H3. The molecule has 8 heteroatoms. The molecule has 0 fully saturated rings. The van der Waals surface area contributed by atoms with Gasteiger partial charge >= 0.3 is 5.97 Å². The van der Waals surface area contributed by atoms with Crippen molar-refractivity contribution >= 4 is 28.6 Å². The van der Waals surface area contributed by atoms with E-state index in [1.54, 1.807) is 7.11 Å². The molecule has 3 rings (SSSR count). The summed E-state index contributed by atoms with van der Waals surface area (Å²) in [4.78, 5) is 28.6. The predicted molar refractivity (Wildman–Crippen MR) is 100 cm³/mol. The number of nitrogens with zero attached hydrogens (tertiary/aromatic N) is 2. The van der Waals surface area contributed by atoms with Crippen LogP contribution in [0.2, 0.25) is 0 Å². The summed E-state index contributed by atoms with van der Waals surface area (Å²) in [5, 5.41) is 0.693. The minimum Gasteiger partial charge on any atom is -0.497 e. The molecule has 26 heavy (non-hydrogen) atoms. The van der Waals surface area contributed by atoms with Crippen LogP contribution in [-0.4, -0.2) is 29.8 Å². The Kier molecular flexibility index (Phi) is 5.13. The van der Waals surface area contributed by atoms with Crippen LogP contribution in [0.3, 0.4) is 0 Å². The Morgan fingerprint density at radius 2 is 2.04 bits per heavy atom. The summed E-state index contributed by atoms with van der Waals surface area (Å²) < 4.78 is 10.9. The van der Waals surface area contributed by atoms with Crippen molar-refractivity contribution in [2.75, 3.05) is 20.1 Å². The normalized spacial score (nSPS) is 10.7. The summed E-state index contributed by atoms with van der Waals surface area (Å²) in [5.74, 6) is 6.72. The molecule has 1 aromatic heterocycles. The summed E-state index contributed by atoms with van der Waals surface area (Å²) in [7, 11) is 2.90. The topological polar surface area (TPSA) is 96.4 Å². The molecule has 0 aliphatic rings. The van der Waals surface area contributed by atoms with Crippen molar-refractivity contribution in [3.05, 3.63) is 63.9 Å². The first-order valence-corrected chi connectivity index (χ1v) is 8.68. The van der Waals surface area contributed by atoms with Crippen molar-refractivity contribution in [3.8, 4) is 5.75 Å². The number of methoxy groups -OCH3 is 2. The lowest BCUT2D eigenvalue weighted by molar-refractivity contribution is 0.0601. The second kappa shape index (κ2) is 7.49. The SMILES string of the molecule is COC(=O)c1ccc2c(=O)n(N)c(SCc3cccc(OC)c3)nc2c1. The van der Waals surface area contributed by atoms with Crippen LogP contribution in [0.4, 0.5) is 0 Å². The largest absolute Gasteiger partial charge is 0.497 e. The molecule has 0 aliphatic carbocycles. The molecule has 0 atom stereocenters. The Hall–Kier alpha value is -3.00. The fourth-order valence-corrected chi connectivity index (χ4v) is 3.30. The summed E-state index contributed by atoms with van der Waals surface area (Å²) in [6.07, 6.45) is 0. The molecule has 1 heterocycles. The number of benzene rings is 2. The number of thioether (sulfide) groups is 1. The third-order valence-corrected chi connectivity index (χ3v) is 4.82. The average Bonchev–Trinajstić information content (AvgIpc) is 2.68. The van der Waals surface area contributed by atoms with E-state index in [4.69, 9.17) is 15.3 Å². The van der Waals surface area contributed by atoms with Gasteiger partial charge in [-0.05, 0) is 35.9 Å². The van der Waals surface area contributed by atoms with Crippen LogP contribution in [0, 0.1) is 0 Å². The Balaban J connectivity index is 1.95. The highest BCUT2D eigenvalue weighted by Gasteiger charge is 2.13. The third-order valence-electron chi connectivity index (χ3n) is 3.79. The molecule has 0 bridgehead atoms. The lowest BCUT2D eigenvalue weighted by atomic mass is 10.1. The van der Waals surface area contributed by atoms with E-state index in [1.165, 1.54) is 37.1 Å². The van der Waals surface area contributed by atoms with E-state index < -0.39 is 5.97 Å². The summed E-state index contributed by atoms with van der Waals surface area (Å²) in [6, 6.07) is 12.2. The summed E-state index contributed by atoms with van der Waals surface area (Å²) in [5.41, 5.74) is 1.35. The molecule has 0 saturated carbocycles. The molecule has 0 amide bonds. The summed E-state index contributed by atoms with van der Waals surface area (Å²) >= 11 is 1.32. The molecule has 7 nitrogen and oxygen atoms in total. The monoisotopic (exact) mass is 371 g/mol. The second-order valence-electron chi connectivity index (χ2n) is 5.43. The van der Waals surface area contributed by atoms with Crippen molar-refractivity contribution in [2.24, 2.45) is 0 Å². The molecular formula is C18H17N3O4S. The van der Waals surface area contributed by atoms with Gasteiger partial charge in [0.2, 0.25) is 0 Å². The Morgan fingerprint density at radius 3 is 2.77 bits per heavy atom. The number of esters is 1. The van der Waals surface area contributed by atoms with Gasteiger partial charge in [0.25, 0.3) is 5.56 Å². The number of rotatable bonds is 5. The number of nitrogen functional groups attached to an aromatic ring is 1. The van der Waals surface area contributed by atoms with Crippen LogP contribution in [0.1, 0.15) is 15.9 Å². The number of hydrogen-bond acceptors (Lipinski definition) is 7. The lowest BCUT2D eigenvalue weighted by Crippen LogP contribution is -2.29. The van der Waals surface area contributed by atoms with Gasteiger partial charge in [0.1, 0.15) is 5.75 Å². The van der Waals surface area contributed by atoms with Gasteiger partial charge in [-0.15, -0.1) is 0 Å². The van der Waals surface area contributed by atoms with Crippen molar-refractivity contribution < 1.29 is 14.3 Å². The van der Waals surface area contributed by atoms with Gasteiger partial charge in [0.05, 0.1) is 30.7 Å². The highest BCUT2D eigenvalue weighted by molar-refractivity contribution is 7.98. The van der Waals surface area contributed by atoms with Gasteiger partial charge in [-0.25, -0.2) is 14.5 Å². The van der Waals surface area contributed by atoms with Crippen LogP contribution in [0.25, 0.3) is 10.9 Å². The number of aromatic nitrogens is 2. The molecule has 2 aromatic carbocycles. The second-order valence-corrected chi connectivity index (χ2v) is 6.38. The van der Waals surface area contributed by atoms with Crippen LogP contribution >= 0.6 is 11.8 Å². The van der Waals surface area contributed by atoms with Gasteiger partial charge in [0, 0.05) is 5.75 Å². The maximum absolute atomic E-state index is 12.5. The predicted octanol–water partition coefficient (Wildman–Crippen LogP) is 2.20. The average molecular weight is 371 g/mol.